The lowest BCUT2D eigenvalue weighted by molar-refractivity contribution is 0.0996. The number of hydrogen-bond acceptors (Lipinski definition) is 3. The Bertz CT molecular complexity index is 516. The molecule has 0 bridgehead atoms. The van der Waals surface area contributed by atoms with E-state index in [2.05, 4.69) is 15.9 Å². The van der Waals surface area contributed by atoms with E-state index in [1.165, 1.54) is 11.3 Å². The molecule has 1 aromatic heterocycles. The zero-order valence-electron chi connectivity index (χ0n) is 9.27. The van der Waals surface area contributed by atoms with E-state index in [9.17, 15) is 4.79 Å². The molecule has 0 saturated heterocycles. The molecule has 2 rings (SSSR count). The van der Waals surface area contributed by atoms with Gasteiger partial charge in [-0.2, -0.15) is 0 Å². The molecule has 88 valence electrons. The highest BCUT2D eigenvalue weighted by atomic mass is 79.9. The van der Waals surface area contributed by atoms with Crippen LogP contribution in [0.2, 0.25) is 0 Å². The number of Topliss-reactive ketones (excluding diaryl/α,β-unsaturated/α-hetero) is 1. The van der Waals surface area contributed by atoms with Gasteiger partial charge < -0.3 is 4.74 Å². The molecule has 0 aliphatic heterocycles. The Kier molecular flexibility index (Phi) is 3.97. The van der Waals surface area contributed by atoms with Crippen molar-refractivity contribution in [3.63, 3.8) is 0 Å². The lowest BCUT2D eigenvalue weighted by atomic mass is 10.1. The average Bonchev–Trinajstić information content (AvgIpc) is 2.76. The van der Waals surface area contributed by atoms with Crippen LogP contribution < -0.4 is 4.74 Å². The van der Waals surface area contributed by atoms with E-state index in [1.807, 2.05) is 35.7 Å². The van der Waals surface area contributed by atoms with E-state index in [4.69, 9.17) is 4.74 Å². The highest BCUT2D eigenvalue weighted by molar-refractivity contribution is 9.10. The van der Waals surface area contributed by atoms with Crippen LogP contribution in [0.3, 0.4) is 0 Å². The molecule has 0 saturated carbocycles. The van der Waals surface area contributed by atoms with Crippen molar-refractivity contribution in [3.8, 4) is 5.75 Å². The van der Waals surface area contributed by atoms with E-state index in [0.29, 0.717) is 6.42 Å². The smallest absolute Gasteiger partial charge is 0.178 e. The van der Waals surface area contributed by atoms with Crippen molar-refractivity contribution in [1.29, 1.82) is 0 Å². The van der Waals surface area contributed by atoms with Gasteiger partial charge in [0.1, 0.15) is 5.75 Å². The summed E-state index contributed by atoms with van der Waals surface area (Å²) in [5.41, 5.74) is 0.996. The molecule has 0 aliphatic rings. The highest BCUT2D eigenvalue weighted by Gasteiger charge is 2.12. The maximum atomic E-state index is 12.0. The monoisotopic (exact) mass is 310 g/mol. The van der Waals surface area contributed by atoms with Crippen LogP contribution in [0.4, 0.5) is 0 Å². The Morgan fingerprint density at radius 2 is 2.00 bits per heavy atom. The summed E-state index contributed by atoms with van der Waals surface area (Å²) in [7, 11) is 1.63. The predicted molar refractivity (Wildman–Crippen MR) is 73.0 cm³/mol. The first kappa shape index (κ1) is 12.3. The molecule has 0 N–H and O–H groups in total. The summed E-state index contributed by atoms with van der Waals surface area (Å²) < 4.78 is 5.95. The third-order valence-corrected chi connectivity index (χ3v) is 4.27. The fraction of sp³-hybridized carbons (Fsp3) is 0.154. The largest absolute Gasteiger partial charge is 0.497 e. The Labute approximate surface area is 112 Å². The first-order chi connectivity index (χ1) is 8.20. The van der Waals surface area contributed by atoms with Gasteiger partial charge in [0.05, 0.1) is 12.0 Å². The second-order valence-electron chi connectivity index (χ2n) is 3.55. The zero-order chi connectivity index (χ0) is 12.3. The van der Waals surface area contributed by atoms with E-state index in [0.717, 1.165) is 20.7 Å². The second kappa shape index (κ2) is 5.47. The summed E-state index contributed by atoms with van der Waals surface area (Å²) in [6.45, 7) is 0. The van der Waals surface area contributed by atoms with Gasteiger partial charge in [-0.1, -0.05) is 12.1 Å². The minimum absolute atomic E-state index is 0.136. The summed E-state index contributed by atoms with van der Waals surface area (Å²) in [5.74, 6) is 0.940. The van der Waals surface area contributed by atoms with E-state index >= 15 is 0 Å². The molecular formula is C13H11BrO2S. The van der Waals surface area contributed by atoms with Crippen molar-refractivity contribution in [2.45, 2.75) is 6.42 Å². The zero-order valence-corrected chi connectivity index (χ0v) is 11.7. The van der Waals surface area contributed by atoms with Gasteiger partial charge in [-0.3, -0.25) is 4.79 Å². The van der Waals surface area contributed by atoms with Crippen LogP contribution in [0.25, 0.3) is 0 Å². The van der Waals surface area contributed by atoms with Gasteiger partial charge in [0.2, 0.25) is 0 Å². The Morgan fingerprint density at radius 3 is 2.53 bits per heavy atom. The lowest BCUT2D eigenvalue weighted by Crippen LogP contribution is -2.01. The third kappa shape index (κ3) is 2.96. The molecule has 0 aliphatic carbocycles. The fourth-order valence-corrected chi connectivity index (χ4v) is 3.03. The molecule has 0 fully saturated rings. The van der Waals surface area contributed by atoms with Gasteiger partial charge in [-0.05, 0) is 45.1 Å². The van der Waals surface area contributed by atoms with Crippen LogP contribution in [-0.4, -0.2) is 12.9 Å². The highest BCUT2D eigenvalue weighted by Crippen LogP contribution is 2.24. The van der Waals surface area contributed by atoms with Gasteiger partial charge in [0.25, 0.3) is 0 Å². The van der Waals surface area contributed by atoms with Gasteiger partial charge in [0.15, 0.2) is 5.78 Å². The second-order valence-corrected chi connectivity index (χ2v) is 5.32. The van der Waals surface area contributed by atoms with Crippen molar-refractivity contribution in [1.82, 2.24) is 0 Å². The molecule has 0 radical (unpaired) electrons. The number of thiophene rings is 1. The van der Waals surface area contributed by atoms with Gasteiger partial charge in [-0.25, -0.2) is 0 Å². The number of carbonyl (C=O) groups excluding carboxylic acids is 1. The molecule has 1 heterocycles. The minimum Gasteiger partial charge on any atom is -0.497 e. The van der Waals surface area contributed by atoms with Gasteiger partial charge in [0, 0.05) is 10.9 Å². The maximum absolute atomic E-state index is 12.0. The molecule has 17 heavy (non-hydrogen) atoms. The maximum Gasteiger partial charge on any atom is 0.178 e. The number of rotatable bonds is 4. The molecular weight excluding hydrogens is 300 g/mol. The van der Waals surface area contributed by atoms with Crippen LogP contribution in [0.5, 0.6) is 5.75 Å². The standard InChI is InChI=1S/C13H11BrO2S/c1-16-10-4-2-9(3-5-10)8-12(15)13-11(14)6-7-17-13/h2-7H,8H2,1H3. The molecule has 0 spiro atoms. The lowest BCUT2D eigenvalue weighted by Gasteiger charge is -2.02. The first-order valence-corrected chi connectivity index (χ1v) is 6.77. The number of ketones is 1. The van der Waals surface area contributed by atoms with Crippen LogP contribution in [-0.2, 0) is 6.42 Å². The molecule has 2 nitrogen and oxygen atoms in total. The molecule has 1 aromatic carbocycles. The van der Waals surface area contributed by atoms with E-state index in [1.54, 1.807) is 7.11 Å². The van der Waals surface area contributed by atoms with Crippen LogP contribution in [0.15, 0.2) is 40.2 Å². The molecule has 0 unspecified atom stereocenters. The summed E-state index contributed by atoms with van der Waals surface area (Å²) >= 11 is 4.84. The van der Waals surface area contributed by atoms with E-state index in [-0.39, 0.29) is 5.78 Å². The Hall–Kier alpha value is -1.13. The van der Waals surface area contributed by atoms with Crippen molar-refractivity contribution >= 4 is 33.0 Å². The van der Waals surface area contributed by atoms with E-state index < -0.39 is 0 Å². The van der Waals surface area contributed by atoms with Crippen molar-refractivity contribution in [3.05, 3.63) is 50.6 Å². The summed E-state index contributed by atoms with van der Waals surface area (Å²) in [4.78, 5) is 12.8. The first-order valence-electron chi connectivity index (χ1n) is 5.10. The van der Waals surface area contributed by atoms with Gasteiger partial charge in [-0.15, -0.1) is 11.3 Å². The van der Waals surface area contributed by atoms with Gasteiger partial charge >= 0.3 is 0 Å². The number of halogens is 1. The number of ether oxygens (including phenoxy) is 1. The fourth-order valence-electron chi connectivity index (χ4n) is 1.50. The van der Waals surface area contributed by atoms with Crippen molar-refractivity contribution in [2.75, 3.05) is 7.11 Å². The number of hydrogen-bond donors (Lipinski definition) is 0. The molecule has 4 heteroatoms. The number of benzene rings is 1. The number of methoxy groups -OCH3 is 1. The topological polar surface area (TPSA) is 26.3 Å². The molecule has 2 aromatic rings. The summed E-state index contributed by atoms with van der Waals surface area (Å²) in [6.07, 6.45) is 0.420. The van der Waals surface area contributed by atoms with Crippen LogP contribution >= 0.6 is 27.3 Å². The van der Waals surface area contributed by atoms with Crippen LogP contribution in [0.1, 0.15) is 15.2 Å². The minimum atomic E-state index is 0.136. The number of carbonyl (C=O) groups is 1. The summed E-state index contributed by atoms with van der Waals surface area (Å²) in [6, 6.07) is 9.46. The molecule has 0 amide bonds. The summed E-state index contributed by atoms with van der Waals surface area (Å²) in [5, 5.41) is 1.91. The Morgan fingerprint density at radius 1 is 1.29 bits per heavy atom. The molecule has 0 atom stereocenters. The third-order valence-electron chi connectivity index (χ3n) is 2.39. The quantitative estimate of drug-likeness (QED) is 0.799. The predicted octanol–water partition coefficient (Wildman–Crippen LogP) is 3.94. The average molecular weight is 311 g/mol. The van der Waals surface area contributed by atoms with Crippen molar-refractivity contribution < 1.29 is 9.53 Å². The van der Waals surface area contributed by atoms with Crippen LogP contribution in [0, 0.1) is 0 Å². The SMILES string of the molecule is COc1ccc(CC(=O)c2sccc2Br)cc1. The Balaban J connectivity index is 2.10. The van der Waals surface area contributed by atoms with Crippen molar-refractivity contribution in [2.24, 2.45) is 0 Å². The normalized spacial score (nSPS) is 10.2.